The maximum atomic E-state index is 12.1. The largest absolute Gasteiger partial charge is 0.468 e. The third kappa shape index (κ3) is 1.76. The Kier molecular flexibility index (Phi) is 2.64. The average Bonchev–Trinajstić information content (AvgIpc) is 2.53. The van der Waals surface area contributed by atoms with Gasteiger partial charge >= 0.3 is 0 Å². The van der Waals surface area contributed by atoms with Gasteiger partial charge in [0.1, 0.15) is 5.75 Å². The van der Waals surface area contributed by atoms with Crippen LogP contribution in [0.3, 0.4) is 0 Å². The second-order valence-corrected chi connectivity index (χ2v) is 4.84. The van der Waals surface area contributed by atoms with E-state index in [1.165, 1.54) is 7.11 Å². The van der Waals surface area contributed by atoms with Crippen LogP contribution in [-0.4, -0.2) is 27.2 Å². The quantitative estimate of drug-likeness (QED) is 0.704. The smallest absolute Gasteiger partial charge is 0.298 e. The molecule has 4 rings (SSSR count). The zero-order chi connectivity index (χ0) is 15.3. The molecule has 110 valence electrons. The van der Waals surface area contributed by atoms with Crippen molar-refractivity contribution in [1.82, 2.24) is 15.0 Å². The standard InChI is InChI=1S/C15H11N3O4/c1-21-15-17-12-9(13(19)18-15)6-8-11(16-12)7-4-2-3-5-10(7)22-14(8)20/h2-6,14,20H,1H3,(H,16,17,18,19). The van der Waals surface area contributed by atoms with Crippen LogP contribution in [0.4, 0.5) is 0 Å². The van der Waals surface area contributed by atoms with Crippen LogP contribution in [-0.2, 0) is 0 Å². The van der Waals surface area contributed by atoms with Gasteiger partial charge in [-0.25, -0.2) is 4.98 Å². The van der Waals surface area contributed by atoms with E-state index in [4.69, 9.17) is 9.47 Å². The van der Waals surface area contributed by atoms with E-state index >= 15 is 0 Å². The summed E-state index contributed by atoms with van der Waals surface area (Å²) in [4.78, 5) is 23.1. The molecule has 7 nitrogen and oxygen atoms in total. The first-order valence-electron chi connectivity index (χ1n) is 6.60. The number of methoxy groups -OCH3 is 1. The molecule has 1 aromatic carbocycles. The molecule has 0 amide bonds. The molecular weight excluding hydrogens is 286 g/mol. The number of nitrogens with zero attached hydrogens (tertiary/aromatic N) is 2. The fourth-order valence-corrected chi connectivity index (χ4v) is 2.51. The van der Waals surface area contributed by atoms with E-state index < -0.39 is 6.29 Å². The van der Waals surface area contributed by atoms with Crippen LogP contribution in [0.15, 0.2) is 35.1 Å². The number of nitrogens with one attached hydrogen (secondary N) is 1. The van der Waals surface area contributed by atoms with Crippen molar-refractivity contribution in [1.29, 1.82) is 0 Å². The number of para-hydroxylation sites is 1. The van der Waals surface area contributed by atoms with Gasteiger partial charge in [0.2, 0.25) is 6.29 Å². The summed E-state index contributed by atoms with van der Waals surface area (Å²) in [5.41, 5.74) is 1.59. The maximum Gasteiger partial charge on any atom is 0.298 e. The van der Waals surface area contributed by atoms with Gasteiger partial charge in [0.25, 0.3) is 11.6 Å². The first kappa shape index (κ1) is 12.8. The summed E-state index contributed by atoms with van der Waals surface area (Å²) in [5.74, 6) is 0.533. The van der Waals surface area contributed by atoms with Crippen molar-refractivity contribution < 1.29 is 14.6 Å². The van der Waals surface area contributed by atoms with Crippen LogP contribution in [0.1, 0.15) is 11.9 Å². The van der Waals surface area contributed by atoms with Gasteiger partial charge in [-0.1, -0.05) is 12.1 Å². The Morgan fingerprint density at radius 3 is 2.95 bits per heavy atom. The summed E-state index contributed by atoms with van der Waals surface area (Å²) in [6.45, 7) is 0. The molecule has 1 atom stereocenters. The highest BCUT2D eigenvalue weighted by Gasteiger charge is 2.26. The predicted molar refractivity (Wildman–Crippen MR) is 77.7 cm³/mol. The van der Waals surface area contributed by atoms with E-state index in [2.05, 4.69) is 15.0 Å². The SMILES string of the molecule is COc1nc2nc3c(cc2c(=O)[nH]1)C(O)Oc1ccccc1-3. The van der Waals surface area contributed by atoms with Crippen molar-refractivity contribution in [3.63, 3.8) is 0 Å². The summed E-state index contributed by atoms with van der Waals surface area (Å²) < 4.78 is 10.4. The molecule has 0 fully saturated rings. The summed E-state index contributed by atoms with van der Waals surface area (Å²) in [5, 5.41) is 10.4. The summed E-state index contributed by atoms with van der Waals surface area (Å²) in [6.07, 6.45) is -1.18. The number of hydrogen-bond acceptors (Lipinski definition) is 6. The van der Waals surface area contributed by atoms with E-state index in [0.29, 0.717) is 17.0 Å². The Morgan fingerprint density at radius 2 is 2.14 bits per heavy atom. The van der Waals surface area contributed by atoms with Gasteiger partial charge in [0.15, 0.2) is 5.65 Å². The number of aromatic amines is 1. The third-order valence-corrected chi connectivity index (χ3v) is 3.54. The molecular formula is C15H11N3O4. The summed E-state index contributed by atoms with van der Waals surface area (Å²) in [7, 11) is 1.41. The van der Waals surface area contributed by atoms with Crippen LogP contribution >= 0.6 is 0 Å². The Balaban J connectivity index is 2.08. The zero-order valence-electron chi connectivity index (χ0n) is 11.5. The second kappa shape index (κ2) is 4.54. The lowest BCUT2D eigenvalue weighted by Crippen LogP contribution is -2.17. The van der Waals surface area contributed by atoms with Crippen molar-refractivity contribution in [2.45, 2.75) is 6.29 Å². The number of fused-ring (bicyclic) bond motifs is 4. The molecule has 0 aliphatic carbocycles. The van der Waals surface area contributed by atoms with Crippen LogP contribution < -0.4 is 15.0 Å². The molecule has 0 bridgehead atoms. The number of ether oxygens (including phenoxy) is 2. The lowest BCUT2D eigenvalue weighted by Gasteiger charge is -2.24. The summed E-state index contributed by atoms with van der Waals surface area (Å²) in [6, 6.07) is 8.88. The van der Waals surface area contributed by atoms with Gasteiger partial charge in [-0.3, -0.25) is 9.78 Å². The predicted octanol–water partition coefficient (Wildman–Crippen LogP) is 1.38. The van der Waals surface area contributed by atoms with E-state index in [9.17, 15) is 9.90 Å². The van der Waals surface area contributed by atoms with Crippen molar-refractivity contribution in [2.24, 2.45) is 0 Å². The monoisotopic (exact) mass is 297 g/mol. The fraction of sp³-hybridized carbons (Fsp3) is 0.133. The number of aliphatic hydroxyl groups is 1. The number of H-pyrrole nitrogens is 1. The molecule has 7 heteroatoms. The highest BCUT2D eigenvalue weighted by Crippen LogP contribution is 2.40. The molecule has 0 radical (unpaired) electrons. The Morgan fingerprint density at radius 1 is 1.32 bits per heavy atom. The van der Waals surface area contributed by atoms with Gasteiger partial charge in [-0.15, -0.1) is 0 Å². The van der Waals surface area contributed by atoms with Crippen molar-refractivity contribution in [2.75, 3.05) is 7.11 Å². The highest BCUT2D eigenvalue weighted by molar-refractivity contribution is 5.82. The van der Waals surface area contributed by atoms with E-state index in [1.54, 1.807) is 12.1 Å². The Labute approximate surface area is 124 Å². The minimum Gasteiger partial charge on any atom is -0.468 e. The first-order valence-corrected chi connectivity index (χ1v) is 6.60. The summed E-state index contributed by atoms with van der Waals surface area (Å²) >= 11 is 0. The van der Waals surface area contributed by atoms with Gasteiger partial charge < -0.3 is 14.6 Å². The molecule has 2 aromatic heterocycles. The molecule has 3 aromatic rings. The maximum absolute atomic E-state index is 12.1. The molecule has 0 spiro atoms. The minimum atomic E-state index is -1.18. The van der Waals surface area contributed by atoms with Crippen molar-refractivity contribution in [3.8, 4) is 23.0 Å². The fourth-order valence-electron chi connectivity index (χ4n) is 2.51. The molecule has 3 heterocycles. The minimum absolute atomic E-state index is 0.0887. The second-order valence-electron chi connectivity index (χ2n) is 4.84. The van der Waals surface area contributed by atoms with Gasteiger partial charge in [0, 0.05) is 11.1 Å². The van der Waals surface area contributed by atoms with Gasteiger partial charge in [-0.05, 0) is 18.2 Å². The lowest BCUT2D eigenvalue weighted by molar-refractivity contribution is -0.0215. The topological polar surface area (TPSA) is 97.3 Å². The molecule has 2 N–H and O–H groups in total. The number of benzene rings is 1. The number of rotatable bonds is 1. The van der Waals surface area contributed by atoms with Crippen molar-refractivity contribution >= 4 is 11.0 Å². The molecule has 1 unspecified atom stereocenters. The normalized spacial score (nSPS) is 15.8. The third-order valence-electron chi connectivity index (χ3n) is 3.54. The zero-order valence-corrected chi connectivity index (χ0v) is 11.5. The number of pyridine rings is 1. The van der Waals surface area contributed by atoms with Crippen LogP contribution in [0, 0.1) is 0 Å². The Bertz CT molecular complexity index is 951. The molecule has 22 heavy (non-hydrogen) atoms. The van der Waals surface area contributed by atoms with Crippen LogP contribution in [0.25, 0.3) is 22.3 Å². The van der Waals surface area contributed by atoms with E-state index in [0.717, 1.165) is 5.56 Å². The molecule has 0 saturated carbocycles. The Hall–Kier alpha value is -2.93. The van der Waals surface area contributed by atoms with Gasteiger partial charge in [-0.2, -0.15) is 4.98 Å². The van der Waals surface area contributed by atoms with Crippen molar-refractivity contribution in [3.05, 3.63) is 46.2 Å². The van der Waals surface area contributed by atoms with E-state index in [-0.39, 0.29) is 22.6 Å². The number of hydrogen-bond donors (Lipinski definition) is 2. The van der Waals surface area contributed by atoms with Crippen LogP contribution in [0.2, 0.25) is 0 Å². The average molecular weight is 297 g/mol. The first-order chi connectivity index (χ1) is 10.7. The number of aromatic nitrogens is 3. The number of aliphatic hydroxyl groups excluding tert-OH is 1. The highest BCUT2D eigenvalue weighted by atomic mass is 16.6. The molecule has 0 saturated heterocycles. The van der Waals surface area contributed by atoms with Gasteiger partial charge in [0.05, 0.1) is 18.2 Å². The lowest BCUT2D eigenvalue weighted by atomic mass is 10.0. The van der Waals surface area contributed by atoms with E-state index in [1.807, 2.05) is 18.2 Å². The molecule has 1 aliphatic heterocycles. The van der Waals surface area contributed by atoms with Crippen LogP contribution in [0.5, 0.6) is 11.8 Å². The molecule has 1 aliphatic rings.